The molecule has 5 nitrogen and oxygen atoms in total. The summed E-state index contributed by atoms with van der Waals surface area (Å²) in [6.07, 6.45) is 10.6. The van der Waals surface area contributed by atoms with Gasteiger partial charge in [0.1, 0.15) is 0 Å². The molecule has 25 heavy (non-hydrogen) atoms. The van der Waals surface area contributed by atoms with E-state index in [1.807, 2.05) is 7.05 Å². The Morgan fingerprint density at radius 1 is 1.24 bits per heavy atom. The Bertz CT molecular complexity index is 542. The fraction of sp³-hybridized carbons (Fsp3) is 0.789. The predicted octanol–water partition coefficient (Wildman–Crippen LogP) is 3.17. The van der Waals surface area contributed by atoms with Crippen LogP contribution in [0.15, 0.2) is 10.4 Å². The molecule has 140 valence electrons. The maximum absolute atomic E-state index is 4.61. The molecular formula is C19H33N5S. The van der Waals surface area contributed by atoms with Crippen molar-refractivity contribution in [2.45, 2.75) is 76.9 Å². The first-order chi connectivity index (χ1) is 12.3. The van der Waals surface area contributed by atoms with E-state index in [2.05, 4.69) is 37.8 Å². The van der Waals surface area contributed by atoms with E-state index < -0.39 is 0 Å². The zero-order valence-electron chi connectivity index (χ0n) is 15.8. The van der Waals surface area contributed by atoms with E-state index in [0.29, 0.717) is 6.04 Å². The molecule has 0 unspecified atom stereocenters. The van der Waals surface area contributed by atoms with Gasteiger partial charge in [0.15, 0.2) is 5.96 Å². The fourth-order valence-electron chi connectivity index (χ4n) is 4.01. The van der Waals surface area contributed by atoms with Crippen molar-refractivity contribution in [2.75, 3.05) is 20.1 Å². The molecule has 6 heteroatoms. The van der Waals surface area contributed by atoms with E-state index in [9.17, 15) is 0 Å². The molecule has 0 amide bonds. The first kappa shape index (κ1) is 18.6. The highest BCUT2D eigenvalue weighted by atomic mass is 32.1. The van der Waals surface area contributed by atoms with Gasteiger partial charge in [0.05, 0.1) is 17.2 Å². The van der Waals surface area contributed by atoms with Gasteiger partial charge >= 0.3 is 0 Å². The van der Waals surface area contributed by atoms with E-state index in [1.165, 1.54) is 63.0 Å². The lowest BCUT2D eigenvalue weighted by Crippen LogP contribution is -2.50. The molecule has 3 rings (SSSR count). The van der Waals surface area contributed by atoms with Gasteiger partial charge in [0.2, 0.25) is 0 Å². The number of likely N-dealkylation sites (tertiary alicyclic amines) is 1. The predicted molar refractivity (Wildman–Crippen MR) is 106 cm³/mol. The Morgan fingerprint density at radius 2 is 2.00 bits per heavy atom. The van der Waals surface area contributed by atoms with Crippen molar-refractivity contribution in [1.82, 2.24) is 20.5 Å². The number of hydrogen-bond donors (Lipinski definition) is 2. The number of aromatic nitrogens is 1. The third-order valence-electron chi connectivity index (χ3n) is 5.52. The summed E-state index contributed by atoms with van der Waals surface area (Å²) in [6, 6.07) is 1.39. The summed E-state index contributed by atoms with van der Waals surface area (Å²) in [5.41, 5.74) is 1.11. The second-order valence-electron chi connectivity index (χ2n) is 7.26. The van der Waals surface area contributed by atoms with Crippen molar-refractivity contribution in [2.24, 2.45) is 4.99 Å². The minimum Gasteiger partial charge on any atom is -0.354 e. The Morgan fingerprint density at radius 3 is 2.64 bits per heavy atom. The highest BCUT2D eigenvalue weighted by Gasteiger charge is 2.26. The number of hydrogen-bond acceptors (Lipinski definition) is 4. The van der Waals surface area contributed by atoms with Crippen LogP contribution in [-0.4, -0.2) is 48.1 Å². The van der Waals surface area contributed by atoms with Crippen LogP contribution in [0.5, 0.6) is 0 Å². The summed E-state index contributed by atoms with van der Waals surface area (Å²) in [5.74, 6) is 0.905. The second kappa shape index (κ2) is 9.53. The van der Waals surface area contributed by atoms with E-state index >= 15 is 0 Å². The fourth-order valence-corrected chi connectivity index (χ4v) is 4.75. The molecule has 2 N–H and O–H groups in total. The molecule has 0 atom stereocenters. The van der Waals surface area contributed by atoms with Crippen LogP contribution in [0.3, 0.4) is 0 Å². The molecule has 2 heterocycles. The average Bonchev–Trinajstić information content (AvgIpc) is 3.14. The molecule has 0 radical (unpaired) electrons. The van der Waals surface area contributed by atoms with Crippen LogP contribution in [0.2, 0.25) is 0 Å². The summed E-state index contributed by atoms with van der Waals surface area (Å²) >= 11 is 1.74. The molecule has 0 aromatic carbocycles. The van der Waals surface area contributed by atoms with Gasteiger partial charge in [-0.15, -0.1) is 11.3 Å². The standard InChI is InChI=1S/C19H33N5S/c1-3-18-22-16(14-25-18)13-21-19(20-2)23-15-9-11-24(12-10-15)17-7-5-4-6-8-17/h14-15,17H,3-13H2,1-2H3,(H2,20,21,23). The molecule has 1 aliphatic carbocycles. The van der Waals surface area contributed by atoms with Gasteiger partial charge in [0.25, 0.3) is 0 Å². The third kappa shape index (κ3) is 5.42. The molecule has 2 fully saturated rings. The number of aliphatic imine (C=N–C) groups is 1. The van der Waals surface area contributed by atoms with Gasteiger partial charge in [-0.1, -0.05) is 26.2 Å². The van der Waals surface area contributed by atoms with E-state index in [4.69, 9.17) is 0 Å². The van der Waals surface area contributed by atoms with E-state index in [1.54, 1.807) is 11.3 Å². The van der Waals surface area contributed by atoms with Crippen LogP contribution in [0, 0.1) is 0 Å². The Balaban J connectivity index is 1.40. The largest absolute Gasteiger partial charge is 0.354 e. The first-order valence-corrected chi connectivity index (χ1v) is 10.8. The number of guanidine groups is 1. The summed E-state index contributed by atoms with van der Waals surface area (Å²) < 4.78 is 0. The highest BCUT2D eigenvalue weighted by Crippen LogP contribution is 2.25. The molecule has 1 aromatic rings. The number of piperidine rings is 1. The van der Waals surface area contributed by atoms with Crippen molar-refractivity contribution in [1.29, 1.82) is 0 Å². The van der Waals surface area contributed by atoms with Gasteiger partial charge in [-0.3, -0.25) is 4.99 Å². The second-order valence-corrected chi connectivity index (χ2v) is 8.20. The zero-order valence-corrected chi connectivity index (χ0v) is 16.6. The van der Waals surface area contributed by atoms with Crippen LogP contribution < -0.4 is 10.6 Å². The summed E-state index contributed by atoms with van der Waals surface area (Å²) in [6.45, 7) is 5.35. The van der Waals surface area contributed by atoms with Crippen molar-refractivity contribution in [3.8, 4) is 0 Å². The third-order valence-corrected chi connectivity index (χ3v) is 6.57. The Hall–Kier alpha value is -1.14. The molecule has 0 spiro atoms. The number of aryl methyl sites for hydroxylation is 1. The SMILES string of the molecule is CCc1nc(CNC(=NC)NC2CCN(C3CCCCC3)CC2)cs1. The summed E-state index contributed by atoms with van der Waals surface area (Å²) in [7, 11) is 1.85. The molecule has 0 bridgehead atoms. The summed E-state index contributed by atoms with van der Waals surface area (Å²) in [4.78, 5) is 11.7. The highest BCUT2D eigenvalue weighted by molar-refractivity contribution is 7.09. The smallest absolute Gasteiger partial charge is 0.191 e. The van der Waals surface area contributed by atoms with E-state index in [0.717, 1.165) is 30.7 Å². The number of nitrogens with one attached hydrogen (secondary N) is 2. The van der Waals surface area contributed by atoms with Crippen LogP contribution >= 0.6 is 11.3 Å². The molecule has 1 saturated carbocycles. The summed E-state index contributed by atoms with van der Waals surface area (Å²) in [5, 5.41) is 10.4. The van der Waals surface area contributed by atoms with Gasteiger partial charge < -0.3 is 15.5 Å². The van der Waals surface area contributed by atoms with Gasteiger partial charge in [-0.05, 0) is 32.1 Å². The van der Waals surface area contributed by atoms with Crippen molar-refractivity contribution >= 4 is 17.3 Å². The maximum Gasteiger partial charge on any atom is 0.191 e. The first-order valence-electron chi connectivity index (χ1n) is 9.93. The van der Waals surface area contributed by atoms with Crippen LogP contribution in [0.25, 0.3) is 0 Å². The lowest BCUT2D eigenvalue weighted by atomic mass is 9.92. The van der Waals surface area contributed by atoms with Crippen molar-refractivity contribution in [3.05, 3.63) is 16.1 Å². The van der Waals surface area contributed by atoms with Crippen LogP contribution in [0.1, 0.15) is 62.6 Å². The normalized spacial score (nSPS) is 21.4. The minimum atomic E-state index is 0.535. The number of thiazole rings is 1. The molecule has 1 saturated heterocycles. The van der Waals surface area contributed by atoms with Crippen molar-refractivity contribution < 1.29 is 0 Å². The van der Waals surface area contributed by atoms with Gasteiger partial charge in [-0.2, -0.15) is 0 Å². The number of nitrogens with zero attached hydrogens (tertiary/aromatic N) is 3. The Kier molecular flexibility index (Phi) is 7.11. The average molecular weight is 364 g/mol. The minimum absolute atomic E-state index is 0.535. The molecule has 1 aromatic heterocycles. The number of rotatable bonds is 5. The molecule has 2 aliphatic rings. The van der Waals surface area contributed by atoms with Crippen LogP contribution in [0.4, 0.5) is 0 Å². The van der Waals surface area contributed by atoms with Gasteiger partial charge in [-0.25, -0.2) is 4.98 Å². The molecule has 1 aliphatic heterocycles. The lowest BCUT2D eigenvalue weighted by Gasteiger charge is -2.39. The molecular weight excluding hydrogens is 330 g/mol. The lowest BCUT2D eigenvalue weighted by molar-refractivity contribution is 0.119. The topological polar surface area (TPSA) is 52.6 Å². The van der Waals surface area contributed by atoms with Crippen molar-refractivity contribution in [3.63, 3.8) is 0 Å². The quantitative estimate of drug-likeness (QED) is 0.623. The van der Waals surface area contributed by atoms with Crippen LogP contribution in [-0.2, 0) is 13.0 Å². The maximum atomic E-state index is 4.61. The zero-order chi connectivity index (χ0) is 17.5. The monoisotopic (exact) mass is 363 g/mol. The Labute approximate surface area is 156 Å². The van der Waals surface area contributed by atoms with Gasteiger partial charge in [0, 0.05) is 37.6 Å². The van der Waals surface area contributed by atoms with E-state index in [-0.39, 0.29) is 0 Å².